The van der Waals surface area contributed by atoms with Gasteiger partial charge in [-0.2, -0.15) is 5.10 Å². The number of aromatic nitrogens is 2. The van der Waals surface area contributed by atoms with Gasteiger partial charge in [-0.15, -0.1) is 0 Å². The monoisotopic (exact) mass is 225 g/mol. The van der Waals surface area contributed by atoms with Crippen molar-refractivity contribution in [1.82, 2.24) is 15.1 Å². The molecular formula is C12H23N3O. The fourth-order valence-corrected chi connectivity index (χ4v) is 1.67. The Kier molecular flexibility index (Phi) is 5.49. The van der Waals surface area contributed by atoms with Crippen molar-refractivity contribution in [2.75, 3.05) is 6.61 Å². The van der Waals surface area contributed by atoms with Crippen molar-refractivity contribution in [2.24, 2.45) is 5.92 Å². The van der Waals surface area contributed by atoms with Crippen molar-refractivity contribution >= 4 is 0 Å². The molecule has 4 heteroatoms. The van der Waals surface area contributed by atoms with Gasteiger partial charge in [-0.1, -0.05) is 20.8 Å². The van der Waals surface area contributed by atoms with Gasteiger partial charge in [0.2, 0.25) is 0 Å². The molecule has 1 rings (SSSR count). The van der Waals surface area contributed by atoms with Crippen LogP contribution < -0.4 is 5.32 Å². The van der Waals surface area contributed by atoms with Crippen molar-refractivity contribution in [2.45, 2.75) is 46.3 Å². The molecule has 0 aliphatic rings. The molecule has 1 unspecified atom stereocenters. The van der Waals surface area contributed by atoms with Crippen LogP contribution in [-0.2, 0) is 13.1 Å². The second-order valence-electron chi connectivity index (χ2n) is 4.46. The van der Waals surface area contributed by atoms with Crippen molar-refractivity contribution in [3.8, 4) is 0 Å². The largest absolute Gasteiger partial charge is 0.395 e. The Morgan fingerprint density at radius 3 is 2.81 bits per heavy atom. The summed E-state index contributed by atoms with van der Waals surface area (Å²) in [6.45, 7) is 8.26. The Hall–Kier alpha value is -0.870. The van der Waals surface area contributed by atoms with Gasteiger partial charge in [-0.25, -0.2) is 0 Å². The molecule has 1 aromatic rings. The summed E-state index contributed by atoms with van der Waals surface area (Å²) in [7, 11) is 0. The summed E-state index contributed by atoms with van der Waals surface area (Å²) >= 11 is 0. The van der Waals surface area contributed by atoms with Gasteiger partial charge in [0.1, 0.15) is 0 Å². The van der Waals surface area contributed by atoms with Gasteiger partial charge in [-0.05, 0) is 18.4 Å². The highest BCUT2D eigenvalue weighted by Gasteiger charge is 2.12. The molecule has 1 atom stereocenters. The number of rotatable bonds is 7. The van der Waals surface area contributed by atoms with E-state index < -0.39 is 0 Å². The molecule has 2 N–H and O–H groups in total. The van der Waals surface area contributed by atoms with Gasteiger partial charge in [-0.3, -0.25) is 4.68 Å². The van der Waals surface area contributed by atoms with Crippen LogP contribution in [0.1, 0.15) is 32.9 Å². The lowest BCUT2D eigenvalue weighted by atomic mass is 10.1. The van der Waals surface area contributed by atoms with Crippen molar-refractivity contribution in [3.05, 3.63) is 18.0 Å². The maximum atomic E-state index is 9.21. The summed E-state index contributed by atoms with van der Waals surface area (Å²) in [6.07, 6.45) is 2.91. The molecule has 92 valence electrons. The summed E-state index contributed by atoms with van der Waals surface area (Å²) < 4.78 is 2.02. The molecule has 0 aliphatic carbocycles. The average molecular weight is 225 g/mol. The molecule has 1 heterocycles. The highest BCUT2D eigenvalue weighted by atomic mass is 16.3. The lowest BCUT2D eigenvalue weighted by Gasteiger charge is -2.20. The van der Waals surface area contributed by atoms with Gasteiger partial charge < -0.3 is 10.4 Å². The first-order valence-corrected chi connectivity index (χ1v) is 6.04. The highest BCUT2D eigenvalue weighted by molar-refractivity contribution is 5.00. The molecular weight excluding hydrogens is 202 g/mol. The van der Waals surface area contributed by atoms with Gasteiger partial charge in [0.15, 0.2) is 0 Å². The van der Waals surface area contributed by atoms with E-state index in [4.69, 9.17) is 0 Å². The molecule has 0 saturated heterocycles. The van der Waals surface area contributed by atoms with Crippen molar-refractivity contribution < 1.29 is 5.11 Å². The third kappa shape index (κ3) is 3.61. The minimum atomic E-state index is 0.157. The lowest BCUT2D eigenvalue weighted by molar-refractivity contribution is 0.209. The summed E-state index contributed by atoms with van der Waals surface area (Å²) in [5.74, 6) is 0.438. The third-order valence-electron chi connectivity index (χ3n) is 2.79. The van der Waals surface area contributed by atoms with E-state index in [0.29, 0.717) is 5.92 Å². The number of nitrogens with one attached hydrogen (secondary N) is 1. The van der Waals surface area contributed by atoms with Crippen LogP contribution in [-0.4, -0.2) is 27.5 Å². The number of aliphatic hydroxyl groups is 1. The maximum absolute atomic E-state index is 9.21. The summed E-state index contributed by atoms with van der Waals surface area (Å²) in [6, 6.07) is 2.18. The Morgan fingerprint density at radius 2 is 2.25 bits per heavy atom. The highest BCUT2D eigenvalue weighted by Crippen LogP contribution is 2.04. The van der Waals surface area contributed by atoms with Crippen molar-refractivity contribution in [1.29, 1.82) is 0 Å². The zero-order chi connectivity index (χ0) is 12.0. The minimum Gasteiger partial charge on any atom is -0.395 e. The molecule has 0 spiro atoms. The summed E-state index contributed by atoms with van der Waals surface area (Å²) in [4.78, 5) is 0. The number of hydrogen-bond acceptors (Lipinski definition) is 3. The molecule has 16 heavy (non-hydrogen) atoms. The maximum Gasteiger partial charge on any atom is 0.0587 e. The standard InChI is InChI=1S/C12H23N3O/c1-4-7-15-11(5-6-14-15)8-13-12(9-16)10(2)3/h5-6,10,12-13,16H,4,7-9H2,1-3H3. The van der Waals surface area contributed by atoms with Crippen LogP contribution in [0.3, 0.4) is 0 Å². The number of nitrogens with zero attached hydrogens (tertiary/aromatic N) is 2. The van der Waals surface area contributed by atoms with Gasteiger partial charge in [0.25, 0.3) is 0 Å². The molecule has 0 saturated carbocycles. The van der Waals surface area contributed by atoms with E-state index in [9.17, 15) is 5.11 Å². The zero-order valence-electron chi connectivity index (χ0n) is 10.5. The Morgan fingerprint density at radius 1 is 1.50 bits per heavy atom. The molecule has 0 amide bonds. The summed E-state index contributed by atoms with van der Waals surface area (Å²) in [5, 5.41) is 16.8. The predicted octanol–water partition coefficient (Wildman–Crippen LogP) is 1.40. The molecule has 0 aliphatic heterocycles. The first-order valence-electron chi connectivity index (χ1n) is 6.04. The summed E-state index contributed by atoms with van der Waals surface area (Å²) in [5.41, 5.74) is 1.18. The van der Waals surface area contributed by atoms with E-state index in [1.165, 1.54) is 5.69 Å². The van der Waals surface area contributed by atoms with Crippen molar-refractivity contribution in [3.63, 3.8) is 0 Å². The SMILES string of the molecule is CCCn1nccc1CNC(CO)C(C)C. The molecule has 0 fully saturated rings. The molecule has 0 radical (unpaired) electrons. The van der Waals surface area contributed by atoms with E-state index in [2.05, 4.69) is 31.2 Å². The topological polar surface area (TPSA) is 50.1 Å². The zero-order valence-corrected chi connectivity index (χ0v) is 10.5. The fraction of sp³-hybridized carbons (Fsp3) is 0.750. The van der Waals surface area contributed by atoms with Crippen LogP contribution in [0, 0.1) is 5.92 Å². The molecule has 0 bridgehead atoms. The van der Waals surface area contributed by atoms with E-state index in [1.54, 1.807) is 0 Å². The van der Waals surface area contributed by atoms with E-state index in [1.807, 2.05) is 16.9 Å². The quantitative estimate of drug-likeness (QED) is 0.737. The predicted molar refractivity (Wildman–Crippen MR) is 65.1 cm³/mol. The average Bonchev–Trinajstić information content (AvgIpc) is 2.67. The van der Waals surface area contributed by atoms with Crippen LogP contribution in [0.15, 0.2) is 12.3 Å². The molecule has 1 aromatic heterocycles. The molecule has 0 aromatic carbocycles. The lowest BCUT2D eigenvalue weighted by Crippen LogP contribution is -2.37. The number of aliphatic hydroxyl groups excluding tert-OH is 1. The van der Waals surface area contributed by atoms with Crippen LogP contribution in [0.25, 0.3) is 0 Å². The smallest absolute Gasteiger partial charge is 0.0587 e. The Balaban J connectivity index is 2.49. The molecule has 4 nitrogen and oxygen atoms in total. The van der Waals surface area contributed by atoms with Crippen LogP contribution in [0.2, 0.25) is 0 Å². The van der Waals surface area contributed by atoms with E-state index >= 15 is 0 Å². The van der Waals surface area contributed by atoms with E-state index in [-0.39, 0.29) is 12.6 Å². The normalized spacial score (nSPS) is 13.3. The van der Waals surface area contributed by atoms with Gasteiger partial charge in [0, 0.05) is 25.3 Å². The Labute approximate surface area is 97.7 Å². The van der Waals surface area contributed by atoms with Crippen LogP contribution in [0.5, 0.6) is 0 Å². The minimum absolute atomic E-state index is 0.157. The second-order valence-corrected chi connectivity index (χ2v) is 4.46. The first kappa shape index (κ1) is 13.2. The number of hydrogen-bond donors (Lipinski definition) is 2. The van der Waals surface area contributed by atoms with E-state index in [0.717, 1.165) is 19.5 Å². The Bertz CT molecular complexity index is 296. The fourth-order valence-electron chi connectivity index (χ4n) is 1.67. The van der Waals surface area contributed by atoms with Crippen LogP contribution in [0.4, 0.5) is 0 Å². The second kappa shape index (κ2) is 6.66. The third-order valence-corrected chi connectivity index (χ3v) is 2.79. The van der Waals surface area contributed by atoms with Gasteiger partial charge in [0.05, 0.1) is 12.3 Å². The first-order chi connectivity index (χ1) is 7.69. The van der Waals surface area contributed by atoms with Crippen LogP contribution >= 0.6 is 0 Å². The number of aryl methyl sites for hydroxylation is 1. The van der Waals surface area contributed by atoms with Gasteiger partial charge >= 0.3 is 0 Å².